The third-order valence-corrected chi connectivity index (χ3v) is 4.98. The van der Waals surface area contributed by atoms with Crippen LogP contribution in [0.2, 0.25) is 0 Å². The van der Waals surface area contributed by atoms with Gasteiger partial charge in [-0.05, 0) is 34.5 Å². The summed E-state index contributed by atoms with van der Waals surface area (Å²) in [5.41, 5.74) is -0.541. The number of tetrazole rings is 1. The van der Waals surface area contributed by atoms with Gasteiger partial charge in [-0.1, -0.05) is 19.3 Å². The monoisotopic (exact) mass is 409 g/mol. The summed E-state index contributed by atoms with van der Waals surface area (Å²) in [7, 11) is 1.66. The van der Waals surface area contributed by atoms with Crippen LogP contribution in [-0.2, 0) is 6.54 Å². The molecule has 4 rings (SSSR count). The first-order valence-electron chi connectivity index (χ1n) is 9.14. The summed E-state index contributed by atoms with van der Waals surface area (Å²) in [6.45, 7) is 0.258. The van der Waals surface area contributed by atoms with E-state index in [1.165, 1.54) is 6.42 Å². The summed E-state index contributed by atoms with van der Waals surface area (Å²) in [5, 5.41) is 25.0. The average molecular weight is 409 g/mol. The van der Waals surface area contributed by atoms with Crippen molar-refractivity contribution in [3.05, 3.63) is 29.3 Å². The van der Waals surface area contributed by atoms with Crippen LogP contribution in [-0.4, -0.2) is 42.5 Å². The van der Waals surface area contributed by atoms with Crippen molar-refractivity contribution in [1.29, 1.82) is 0 Å². The SMILES string of the molecule is CN(Cc1nnnn1C1CCCCC1)c1noc(-c2cc(F)c(F)c(O)c2F)n1. The van der Waals surface area contributed by atoms with Gasteiger partial charge in [-0.25, -0.2) is 13.5 Å². The van der Waals surface area contributed by atoms with E-state index in [0.29, 0.717) is 11.9 Å². The molecule has 0 amide bonds. The van der Waals surface area contributed by atoms with Gasteiger partial charge < -0.3 is 14.5 Å². The highest BCUT2D eigenvalue weighted by atomic mass is 19.2. The molecule has 0 bridgehead atoms. The lowest BCUT2D eigenvalue weighted by Crippen LogP contribution is -2.24. The molecule has 0 spiro atoms. The van der Waals surface area contributed by atoms with Crippen LogP contribution in [0, 0.1) is 17.5 Å². The molecule has 2 heterocycles. The van der Waals surface area contributed by atoms with Gasteiger partial charge in [0.05, 0.1) is 18.2 Å². The zero-order chi connectivity index (χ0) is 20.5. The van der Waals surface area contributed by atoms with Crippen molar-refractivity contribution in [2.75, 3.05) is 11.9 Å². The van der Waals surface area contributed by atoms with Crippen molar-refractivity contribution in [3.8, 4) is 17.2 Å². The Morgan fingerprint density at radius 3 is 2.72 bits per heavy atom. The molecule has 154 valence electrons. The molecule has 0 radical (unpaired) electrons. The van der Waals surface area contributed by atoms with Gasteiger partial charge in [-0.3, -0.25) is 0 Å². The second-order valence-corrected chi connectivity index (χ2v) is 6.97. The van der Waals surface area contributed by atoms with Gasteiger partial charge in [-0.15, -0.1) is 5.10 Å². The summed E-state index contributed by atoms with van der Waals surface area (Å²) >= 11 is 0. The van der Waals surface area contributed by atoms with Crippen LogP contribution in [0.1, 0.15) is 44.0 Å². The van der Waals surface area contributed by atoms with E-state index in [-0.39, 0.29) is 18.5 Å². The van der Waals surface area contributed by atoms with Gasteiger partial charge in [0.1, 0.15) is 0 Å². The summed E-state index contributed by atoms with van der Waals surface area (Å²) in [6, 6.07) is 0.785. The van der Waals surface area contributed by atoms with Gasteiger partial charge in [-0.2, -0.15) is 9.37 Å². The maximum atomic E-state index is 14.1. The normalized spacial score (nSPS) is 15.0. The van der Waals surface area contributed by atoms with E-state index < -0.39 is 34.7 Å². The highest BCUT2D eigenvalue weighted by Gasteiger charge is 2.25. The van der Waals surface area contributed by atoms with Crippen LogP contribution >= 0.6 is 0 Å². The first kappa shape index (κ1) is 19.2. The second-order valence-electron chi connectivity index (χ2n) is 6.97. The molecule has 9 nitrogen and oxygen atoms in total. The Morgan fingerprint density at radius 2 is 1.97 bits per heavy atom. The number of hydrogen-bond donors (Lipinski definition) is 1. The standard InChI is InChI=1S/C17H18F3N7O2/c1-26(8-12-22-24-25-27(12)9-5-3-2-4-6-9)17-21-16(29-23-17)10-7-11(18)14(20)15(28)13(10)19/h7,9,28H,2-6,8H2,1H3. The second kappa shape index (κ2) is 7.68. The van der Waals surface area contributed by atoms with Gasteiger partial charge in [0.15, 0.2) is 23.2 Å². The first-order valence-corrected chi connectivity index (χ1v) is 9.14. The Bertz CT molecular complexity index is 1020. The van der Waals surface area contributed by atoms with Crippen LogP contribution in [0.5, 0.6) is 5.75 Å². The third-order valence-electron chi connectivity index (χ3n) is 4.98. The maximum Gasteiger partial charge on any atom is 0.266 e. The van der Waals surface area contributed by atoms with Crippen molar-refractivity contribution in [1.82, 2.24) is 30.3 Å². The molecule has 1 N–H and O–H groups in total. The smallest absolute Gasteiger partial charge is 0.266 e. The summed E-state index contributed by atoms with van der Waals surface area (Å²) in [4.78, 5) is 5.58. The molecule has 1 aromatic carbocycles. The molecule has 2 aromatic heterocycles. The van der Waals surface area contributed by atoms with Crippen molar-refractivity contribution in [3.63, 3.8) is 0 Å². The fraction of sp³-hybridized carbons (Fsp3) is 0.471. The van der Waals surface area contributed by atoms with Crippen LogP contribution in [0.25, 0.3) is 11.5 Å². The van der Waals surface area contributed by atoms with Crippen LogP contribution in [0.4, 0.5) is 19.1 Å². The Kier molecular flexibility index (Phi) is 5.07. The number of aromatic hydroxyl groups is 1. The number of halogens is 3. The predicted octanol–water partition coefficient (Wildman–Crippen LogP) is 2.99. The van der Waals surface area contributed by atoms with Gasteiger partial charge in [0.2, 0.25) is 5.82 Å². The maximum absolute atomic E-state index is 14.1. The van der Waals surface area contributed by atoms with E-state index in [4.69, 9.17) is 4.52 Å². The molecular weight excluding hydrogens is 391 g/mol. The predicted molar refractivity (Wildman–Crippen MR) is 93.3 cm³/mol. The molecular formula is C17H18F3N7O2. The zero-order valence-corrected chi connectivity index (χ0v) is 15.5. The van der Waals surface area contributed by atoms with Gasteiger partial charge >= 0.3 is 0 Å². The Balaban J connectivity index is 1.55. The van der Waals surface area contributed by atoms with E-state index in [9.17, 15) is 18.3 Å². The fourth-order valence-electron chi connectivity index (χ4n) is 3.43. The first-order chi connectivity index (χ1) is 14.0. The Hall–Kier alpha value is -3.18. The van der Waals surface area contributed by atoms with Crippen LogP contribution < -0.4 is 4.90 Å². The largest absolute Gasteiger partial charge is 0.503 e. The van der Waals surface area contributed by atoms with E-state index in [1.54, 1.807) is 16.6 Å². The number of hydrogen-bond acceptors (Lipinski definition) is 8. The quantitative estimate of drug-likeness (QED) is 0.641. The van der Waals surface area contributed by atoms with Crippen molar-refractivity contribution < 1.29 is 22.8 Å². The molecule has 3 aromatic rings. The lowest BCUT2D eigenvalue weighted by atomic mass is 9.95. The molecule has 29 heavy (non-hydrogen) atoms. The number of benzene rings is 1. The fourth-order valence-corrected chi connectivity index (χ4v) is 3.43. The van der Waals surface area contributed by atoms with Gasteiger partial charge in [0, 0.05) is 7.05 Å². The van der Waals surface area contributed by atoms with E-state index in [1.807, 2.05) is 0 Å². The number of nitrogens with zero attached hydrogens (tertiary/aromatic N) is 7. The van der Waals surface area contributed by atoms with E-state index in [2.05, 4.69) is 25.7 Å². The van der Waals surface area contributed by atoms with Crippen molar-refractivity contribution in [2.24, 2.45) is 0 Å². The van der Waals surface area contributed by atoms with Gasteiger partial charge in [0.25, 0.3) is 11.8 Å². The number of anilines is 1. The topological polar surface area (TPSA) is 106 Å². The Morgan fingerprint density at radius 1 is 1.21 bits per heavy atom. The summed E-state index contributed by atoms with van der Waals surface area (Å²) < 4.78 is 47.6. The van der Waals surface area contributed by atoms with E-state index >= 15 is 0 Å². The molecule has 0 saturated heterocycles. The molecule has 0 atom stereocenters. The van der Waals surface area contributed by atoms with Crippen molar-refractivity contribution in [2.45, 2.75) is 44.7 Å². The minimum Gasteiger partial charge on any atom is -0.503 e. The average Bonchev–Trinajstić information content (AvgIpc) is 3.39. The molecule has 0 unspecified atom stereocenters. The highest BCUT2D eigenvalue weighted by Crippen LogP contribution is 2.32. The summed E-state index contributed by atoms with van der Waals surface area (Å²) in [5.74, 6) is -5.66. The molecule has 1 aliphatic carbocycles. The van der Waals surface area contributed by atoms with E-state index in [0.717, 1.165) is 25.7 Å². The van der Waals surface area contributed by atoms with Crippen LogP contribution in [0.15, 0.2) is 10.6 Å². The van der Waals surface area contributed by atoms with Crippen LogP contribution in [0.3, 0.4) is 0 Å². The number of rotatable bonds is 5. The molecule has 1 fully saturated rings. The Labute approximate surface area is 163 Å². The molecule has 0 aliphatic heterocycles. The minimum absolute atomic E-state index is 0.0711. The van der Waals surface area contributed by atoms with Crippen molar-refractivity contribution >= 4 is 5.95 Å². The number of aromatic nitrogens is 6. The highest BCUT2D eigenvalue weighted by molar-refractivity contribution is 5.58. The lowest BCUT2D eigenvalue weighted by molar-refractivity contribution is 0.316. The molecule has 12 heteroatoms. The summed E-state index contributed by atoms with van der Waals surface area (Å²) in [6.07, 6.45) is 5.47. The molecule has 1 saturated carbocycles. The zero-order valence-electron chi connectivity index (χ0n) is 15.5. The minimum atomic E-state index is -1.68. The lowest BCUT2D eigenvalue weighted by Gasteiger charge is -2.23. The molecule has 1 aliphatic rings. The number of phenols is 1. The third kappa shape index (κ3) is 3.61. The number of phenolic OH excluding ortho intramolecular Hbond substituents is 1.